The molecular weight excluding hydrogens is 730 g/mol. The number of hydrogen-bond donors (Lipinski definition) is 1. The lowest BCUT2D eigenvalue weighted by molar-refractivity contribution is 0.590. The standard InChI is InChI=1S/C26H29N.C22H25Br.C5H6/c1-25(2,3)19-11-9-17-14-18-10-12-20(26(4,5)6)16-22(18)24(21(17)15-19)23-8-7-13-27-23;1-21(2,3)16-9-7-14-11-15-8-10-17(22(4,5)6)13-19(15)20(23)18(14)12-16;1-2-4-5-3-1/h7-16,27H,1-6H3;7-13H,1-6H3;1-4H,5H2. The maximum absolute atomic E-state index is 3.88. The van der Waals surface area contributed by atoms with Crippen LogP contribution in [0.3, 0.4) is 0 Å². The molecule has 1 heterocycles. The molecule has 2 heteroatoms. The van der Waals surface area contributed by atoms with Crippen LogP contribution in [0.1, 0.15) is 112 Å². The van der Waals surface area contributed by atoms with E-state index in [0.29, 0.717) is 0 Å². The van der Waals surface area contributed by atoms with Crippen molar-refractivity contribution in [2.45, 2.75) is 111 Å². The zero-order chi connectivity index (χ0) is 39.9. The smallest absolute Gasteiger partial charge is 0.0466 e. The molecule has 0 unspecified atom stereocenters. The van der Waals surface area contributed by atoms with Crippen molar-refractivity contribution in [2.24, 2.45) is 0 Å². The number of aromatic amines is 1. The van der Waals surface area contributed by atoms with Crippen LogP contribution in [0.5, 0.6) is 0 Å². The first kappa shape index (κ1) is 40.3. The van der Waals surface area contributed by atoms with Crippen molar-refractivity contribution in [2.75, 3.05) is 0 Å². The van der Waals surface area contributed by atoms with Crippen molar-refractivity contribution in [1.82, 2.24) is 4.98 Å². The average molecular weight is 791 g/mol. The normalized spacial score (nSPS) is 13.3. The monoisotopic (exact) mass is 789 g/mol. The van der Waals surface area contributed by atoms with E-state index in [1.165, 1.54) is 81.1 Å². The fourth-order valence-electron chi connectivity index (χ4n) is 7.20. The first-order chi connectivity index (χ1) is 25.7. The number of hydrogen-bond acceptors (Lipinski definition) is 0. The molecule has 0 radical (unpaired) electrons. The number of halogens is 1. The number of H-pyrrole nitrogens is 1. The maximum atomic E-state index is 3.88. The van der Waals surface area contributed by atoms with E-state index in [-0.39, 0.29) is 21.7 Å². The molecule has 7 aromatic rings. The van der Waals surface area contributed by atoms with Gasteiger partial charge in [-0.1, -0.05) is 156 Å². The molecule has 0 fully saturated rings. The second-order valence-corrected chi connectivity index (χ2v) is 20.2. The van der Waals surface area contributed by atoms with Gasteiger partial charge in [-0.15, -0.1) is 0 Å². The van der Waals surface area contributed by atoms with E-state index in [1.54, 1.807) is 0 Å². The van der Waals surface area contributed by atoms with Gasteiger partial charge < -0.3 is 4.98 Å². The molecule has 1 N–H and O–H groups in total. The molecule has 0 amide bonds. The highest BCUT2D eigenvalue weighted by atomic mass is 79.9. The van der Waals surface area contributed by atoms with E-state index in [2.05, 4.69) is 225 Å². The van der Waals surface area contributed by atoms with Crippen LogP contribution in [-0.4, -0.2) is 4.98 Å². The van der Waals surface area contributed by atoms with Crippen LogP contribution in [0.4, 0.5) is 0 Å². The quantitative estimate of drug-likeness (QED) is 0.159. The fraction of sp³-hybridized carbons (Fsp3) is 0.321. The number of allylic oxidation sites excluding steroid dienone is 4. The Morgan fingerprint density at radius 1 is 0.436 bits per heavy atom. The first-order valence-electron chi connectivity index (χ1n) is 19.9. The summed E-state index contributed by atoms with van der Waals surface area (Å²) < 4.78 is 1.21. The van der Waals surface area contributed by atoms with Crippen molar-refractivity contribution < 1.29 is 0 Å². The van der Waals surface area contributed by atoms with E-state index in [0.717, 1.165) is 6.42 Å². The molecule has 1 nitrogen and oxygen atoms in total. The highest BCUT2D eigenvalue weighted by Gasteiger charge is 2.20. The van der Waals surface area contributed by atoms with Gasteiger partial charge in [0.1, 0.15) is 0 Å². The maximum Gasteiger partial charge on any atom is 0.0466 e. The third-order valence-electron chi connectivity index (χ3n) is 10.8. The largest absolute Gasteiger partial charge is 0.361 e. The second kappa shape index (κ2) is 15.3. The van der Waals surface area contributed by atoms with E-state index in [1.807, 2.05) is 6.20 Å². The average Bonchev–Trinajstić information content (AvgIpc) is 3.87. The zero-order valence-electron chi connectivity index (χ0n) is 35.2. The van der Waals surface area contributed by atoms with Gasteiger partial charge in [0.15, 0.2) is 0 Å². The summed E-state index contributed by atoms with van der Waals surface area (Å²) in [7, 11) is 0. The van der Waals surface area contributed by atoms with Gasteiger partial charge in [0.25, 0.3) is 0 Å². The van der Waals surface area contributed by atoms with Crippen molar-refractivity contribution in [3.8, 4) is 11.3 Å². The predicted molar refractivity (Wildman–Crippen MR) is 248 cm³/mol. The summed E-state index contributed by atoms with van der Waals surface area (Å²) in [6.07, 6.45) is 11.5. The van der Waals surface area contributed by atoms with Crippen molar-refractivity contribution in [3.05, 3.63) is 154 Å². The topological polar surface area (TPSA) is 15.8 Å². The van der Waals surface area contributed by atoms with E-state index in [4.69, 9.17) is 0 Å². The Bertz CT molecular complexity index is 2380. The van der Waals surface area contributed by atoms with Crippen molar-refractivity contribution in [3.63, 3.8) is 0 Å². The van der Waals surface area contributed by atoms with Crippen molar-refractivity contribution in [1.29, 1.82) is 0 Å². The Hall–Kier alpha value is -4.40. The SMILES string of the molecule is C1=CCC=C1.CC(C)(C)c1ccc2cc3ccc(C(C)(C)C)cc3c(-c3ccc[nH]3)c2c1.CC(C)(C)c1ccc2cc3ccc(C(C)(C)C)cc3c(Br)c2c1. The third-order valence-corrected chi connectivity index (χ3v) is 11.7. The molecule has 55 heavy (non-hydrogen) atoms. The molecule has 0 atom stereocenters. The summed E-state index contributed by atoms with van der Waals surface area (Å²) >= 11 is 3.88. The molecule has 0 spiro atoms. The van der Waals surface area contributed by atoms with Crippen LogP contribution in [0.15, 0.2) is 132 Å². The minimum absolute atomic E-state index is 0.128. The van der Waals surface area contributed by atoms with Gasteiger partial charge in [0.05, 0.1) is 0 Å². The molecule has 1 aromatic heterocycles. The summed E-state index contributed by atoms with van der Waals surface area (Å²) in [6.45, 7) is 27.3. The predicted octanol–water partition coefficient (Wildman–Crippen LogP) is 16.4. The summed E-state index contributed by atoms with van der Waals surface area (Å²) in [5, 5.41) is 10.4. The molecule has 0 saturated heterocycles. The zero-order valence-corrected chi connectivity index (χ0v) is 36.8. The van der Waals surface area contributed by atoms with Crippen LogP contribution < -0.4 is 0 Å². The molecular formula is C53H60BrN. The van der Waals surface area contributed by atoms with Gasteiger partial charge in [-0.3, -0.25) is 0 Å². The number of benzene rings is 6. The van der Waals surface area contributed by atoms with Crippen LogP contribution in [-0.2, 0) is 21.7 Å². The van der Waals surface area contributed by atoms with E-state index >= 15 is 0 Å². The van der Waals surface area contributed by atoms with Gasteiger partial charge >= 0.3 is 0 Å². The number of rotatable bonds is 1. The molecule has 8 rings (SSSR count). The Morgan fingerprint density at radius 3 is 1.07 bits per heavy atom. The highest BCUT2D eigenvalue weighted by molar-refractivity contribution is 9.10. The molecule has 0 aliphatic heterocycles. The minimum Gasteiger partial charge on any atom is -0.361 e. The van der Waals surface area contributed by atoms with Gasteiger partial charge in [-0.05, 0) is 158 Å². The Balaban J connectivity index is 0.000000167. The lowest BCUT2D eigenvalue weighted by Gasteiger charge is -2.22. The van der Waals surface area contributed by atoms with Crippen molar-refractivity contribution >= 4 is 59.0 Å². The summed E-state index contributed by atoms with van der Waals surface area (Å²) in [5.74, 6) is 0. The van der Waals surface area contributed by atoms with Crippen LogP contribution >= 0.6 is 15.9 Å². The van der Waals surface area contributed by atoms with Crippen LogP contribution in [0.2, 0.25) is 0 Å². The summed E-state index contributed by atoms with van der Waals surface area (Å²) in [6, 6.07) is 36.4. The first-order valence-corrected chi connectivity index (χ1v) is 20.6. The highest BCUT2D eigenvalue weighted by Crippen LogP contribution is 2.40. The molecule has 0 saturated carbocycles. The van der Waals surface area contributed by atoms with E-state index < -0.39 is 0 Å². The van der Waals surface area contributed by atoms with E-state index in [9.17, 15) is 0 Å². The van der Waals surface area contributed by atoms with Gasteiger partial charge in [-0.2, -0.15) is 0 Å². The van der Waals surface area contributed by atoms with Crippen LogP contribution in [0.25, 0.3) is 54.3 Å². The molecule has 0 bridgehead atoms. The molecule has 284 valence electrons. The number of fused-ring (bicyclic) bond motifs is 4. The Kier molecular flexibility index (Phi) is 11.2. The molecule has 1 aliphatic rings. The van der Waals surface area contributed by atoms with Gasteiger partial charge in [-0.25, -0.2) is 0 Å². The lowest BCUT2D eigenvalue weighted by Crippen LogP contribution is -2.11. The lowest BCUT2D eigenvalue weighted by atomic mass is 9.82. The second-order valence-electron chi connectivity index (χ2n) is 19.4. The Labute approximate surface area is 339 Å². The van der Waals surface area contributed by atoms with Crippen LogP contribution in [0, 0.1) is 0 Å². The van der Waals surface area contributed by atoms with Gasteiger partial charge in [0, 0.05) is 21.9 Å². The number of nitrogens with one attached hydrogen (secondary N) is 1. The minimum atomic E-state index is 0.128. The summed E-state index contributed by atoms with van der Waals surface area (Å²) in [4.78, 5) is 3.45. The Morgan fingerprint density at radius 2 is 0.782 bits per heavy atom. The summed E-state index contributed by atoms with van der Waals surface area (Å²) in [5.41, 5.74) is 8.56. The third kappa shape index (κ3) is 9.02. The fourth-order valence-corrected chi connectivity index (χ4v) is 7.89. The number of aromatic nitrogens is 1. The molecule has 1 aliphatic carbocycles. The molecule has 6 aromatic carbocycles. The van der Waals surface area contributed by atoms with Gasteiger partial charge in [0.2, 0.25) is 0 Å².